The van der Waals surface area contributed by atoms with E-state index >= 15 is 0 Å². The zero-order valence-electron chi connectivity index (χ0n) is 31.3. The SMILES string of the molecule is COC(=O)[C@]1(O)C[C@]23CCO[C@H]2[C@@]2(C[C@@H]4C[C@]56CCO[C@H]5CCN5CC[C@@]7(c8cccc(OC)c8N(C2)[C@@]47O)[C@@H]56)CN2CCc4c(n1c1ccccc41)[C@@H]23. The lowest BCUT2D eigenvalue weighted by atomic mass is 9.44. The van der Waals surface area contributed by atoms with Gasteiger partial charge in [-0.15, -0.1) is 0 Å². The molecule has 284 valence electrons. The number of ether oxygens (including phenoxy) is 4. The summed E-state index contributed by atoms with van der Waals surface area (Å²) in [5.74, 6) is 0.172. The summed E-state index contributed by atoms with van der Waals surface area (Å²) >= 11 is 0. The lowest BCUT2D eigenvalue weighted by Gasteiger charge is -2.71. The van der Waals surface area contributed by atoms with E-state index < -0.39 is 28.2 Å². The number of piperidine rings is 3. The van der Waals surface area contributed by atoms with Crippen molar-refractivity contribution in [3.05, 3.63) is 59.3 Å². The smallest absolute Gasteiger partial charge is 0.359 e. The first kappa shape index (κ1) is 32.0. The second kappa shape index (κ2) is 9.84. The highest BCUT2D eigenvalue weighted by molar-refractivity contribution is 5.90. The third kappa shape index (κ3) is 3.13. The summed E-state index contributed by atoms with van der Waals surface area (Å²) in [6.07, 6.45) is 6.49. The van der Waals surface area contributed by atoms with Crippen LogP contribution in [0, 0.1) is 22.2 Å². The number of hydrogen-bond acceptors (Lipinski definition) is 10. The van der Waals surface area contributed by atoms with Gasteiger partial charge >= 0.3 is 5.97 Å². The molecule has 9 aliphatic heterocycles. The van der Waals surface area contributed by atoms with Crippen LogP contribution in [0.4, 0.5) is 5.69 Å². The molecule has 13 rings (SSSR count). The van der Waals surface area contributed by atoms with E-state index in [4.69, 9.17) is 18.9 Å². The molecular formula is C43H50N4O7. The van der Waals surface area contributed by atoms with Crippen LogP contribution in [0.3, 0.4) is 0 Å². The number of esters is 1. The van der Waals surface area contributed by atoms with Gasteiger partial charge in [0, 0.05) is 85.1 Å². The fourth-order valence-electron chi connectivity index (χ4n) is 16.4. The van der Waals surface area contributed by atoms with Crippen molar-refractivity contribution in [1.29, 1.82) is 0 Å². The molecule has 0 bridgehead atoms. The summed E-state index contributed by atoms with van der Waals surface area (Å²) in [4.78, 5) is 21.9. The van der Waals surface area contributed by atoms with Gasteiger partial charge in [0.05, 0.1) is 49.1 Å². The van der Waals surface area contributed by atoms with E-state index in [0.29, 0.717) is 13.2 Å². The third-order valence-electron chi connectivity index (χ3n) is 17.5. The maximum Gasteiger partial charge on any atom is 0.359 e. The van der Waals surface area contributed by atoms with Gasteiger partial charge in [0.2, 0.25) is 5.72 Å². The second-order valence-corrected chi connectivity index (χ2v) is 19.0. The van der Waals surface area contributed by atoms with E-state index in [9.17, 15) is 15.0 Å². The number of hydrogen-bond donors (Lipinski definition) is 2. The quantitative estimate of drug-likeness (QED) is 0.379. The zero-order chi connectivity index (χ0) is 36.2. The average molecular weight is 735 g/mol. The first-order valence-electron chi connectivity index (χ1n) is 20.5. The Labute approximate surface area is 315 Å². The maximum atomic E-state index is 14.1. The van der Waals surface area contributed by atoms with E-state index in [1.165, 1.54) is 18.2 Å². The van der Waals surface area contributed by atoms with E-state index in [1.807, 2.05) is 16.7 Å². The number of fused-ring (bicyclic) bond motifs is 6. The van der Waals surface area contributed by atoms with Crippen molar-refractivity contribution in [2.45, 2.75) is 92.5 Å². The molecule has 3 aromatic rings. The minimum atomic E-state index is -1.88. The number of benzene rings is 2. The fourth-order valence-corrected chi connectivity index (χ4v) is 16.4. The first-order chi connectivity index (χ1) is 26.2. The molecule has 0 amide bonds. The highest BCUT2D eigenvalue weighted by Crippen LogP contribution is 2.77. The maximum absolute atomic E-state index is 14.1. The molecule has 10 aliphatic rings. The van der Waals surface area contributed by atoms with Gasteiger partial charge in [-0.3, -0.25) is 9.80 Å². The molecule has 1 aliphatic carbocycles. The predicted molar refractivity (Wildman–Crippen MR) is 197 cm³/mol. The number of carbonyl (C=O) groups excluding carboxylic acids is 1. The van der Waals surface area contributed by atoms with Gasteiger partial charge in [-0.05, 0) is 74.8 Å². The van der Waals surface area contributed by atoms with Crippen molar-refractivity contribution in [2.24, 2.45) is 22.2 Å². The van der Waals surface area contributed by atoms with Gasteiger partial charge < -0.3 is 38.6 Å². The largest absolute Gasteiger partial charge is 0.495 e. The highest BCUT2D eigenvalue weighted by atomic mass is 16.5. The summed E-state index contributed by atoms with van der Waals surface area (Å²) in [7, 11) is 3.15. The lowest BCUT2D eigenvalue weighted by Crippen LogP contribution is -2.80. The van der Waals surface area contributed by atoms with Crippen molar-refractivity contribution >= 4 is 22.6 Å². The molecule has 11 atom stereocenters. The fraction of sp³-hybridized carbons (Fsp3) is 0.651. The Kier molecular flexibility index (Phi) is 5.82. The molecule has 10 heterocycles. The van der Waals surface area contributed by atoms with Crippen molar-refractivity contribution in [3.8, 4) is 5.75 Å². The molecule has 54 heavy (non-hydrogen) atoms. The number of aromatic nitrogens is 1. The van der Waals surface area contributed by atoms with Gasteiger partial charge in [-0.25, -0.2) is 4.79 Å². The minimum Gasteiger partial charge on any atom is -0.495 e. The summed E-state index contributed by atoms with van der Waals surface area (Å²) in [6, 6.07) is 14.9. The van der Waals surface area contributed by atoms with Crippen LogP contribution in [0.5, 0.6) is 5.75 Å². The molecule has 7 fully saturated rings. The molecule has 0 radical (unpaired) electrons. The Morgan fingerprint density at radius 2 is 1.76 bits per heavy atom. The Bertz CT molecular complexity index is 2190. The number of carbonyl (C=O) groups is 1. The third-order valence-corrected chi connectivity index (χ3v) is 17.5. The second-order valence-electron chi connectivity index (χ2n) is 19.0. The van der Waals surface area contributed by atoms with Crippen LogP contribution in [-0.4, -0.2) is 115 Å². The van der Waals surface area contributed by atoms with Crippen LogP contribution in [0.1, 0.15) is 67.8 Å². The molecule has 0 unspecified atom stereocenters. The van der Waals surface area contributed by atoms with Crippen LogP contribution in [0.25, 0.3) is 10.9 Å². The molecular weight excluding hydrogens is 684 g/mol. The minimum absolute atomic E-state index is 0.00654. The van der Waals surface area contributed by atoms with Crippen molar-refractivity contribution < 1.29 is 34.0 Å². The first-order valence-corrected chi connectivity index (χ1v) is 20.5. The van der Waals surface area contributed by atoms with Crippen molar-refractivity contribution in [3.63, 3.8) is 0 Å². The monoisotopic (exact) mass is 734 g/mol. The molecule has 2 N–H and O–H groups in total. The average Bonchev–Trinajstić information content (AvgIpc) is 4.00. The molecule has 2 aromatic carbocycles. The number of aliphatic hydroxyl groups is 2. The molecule has 4 spiro atoms. The van der Waals surface area contributed by atoms with Crippen LogP contribution in [-0.2, 0) is 36.6 Å². The summed E-state index contributed by atoms with van der Waals surface area (Å²) in [5.41, 5.74) is 1.08. The summed E-state index contributed by atoms with van der Waals surface area (Å²) in [5, 5.41) is 28.1. The van der Waals surface area contributed by atoms with Crippen LogP contribution in [0.15, 0.2) is 42.5 Å². The molecule has 1 saturated carbocycles. The number of methoxy groups -OCH3 is 2. The van der Waals surface area contributed by atoms with E-state index in [2.05, 4.69) is 45.0 Å². The van der Waals surface area contributed by atoms with Crippen LogP contribution in [0.2, 0.25) is 0 Å². The molecule has 11 heteroatoms. The van der Waals surface area contributed by atoms with Crippen molar-refractivity contribution in [1.82, 2.24) is 14.4 Å². The number of nitrogens with zero attached hydrogens (tertiary/aromatic N) is 4. The standard InChI is InChI=1S/C43H50N4O7/c1-51-30-9-5-7-28-33(30)46-24-38(20-25-21-39-13-18-53-31(39)11-16-44-17-12-41(28,35(39)44)43(25,46)50)23-45-15-10-27-26-6-3-4-8-29(26)47-32(27)34(45)40(14-19-54-36(38)40)22-42(47,49)37(48)52-2/h3-9,25,31,34-36,49-50H,10-24H2,1-2H3/t25-,31+,34-,35+,36+,38+,39-,40+,41-,42-,43-/m1/s1. The van der Waals surface area contributed by atoms with E-state index in [1.54, 1.807) is 7.11 Å². The van der Waals surface area contributed by atoms with Gasteiger partial charge in [0.25, 0.3) is 0 Å². The topological polar surface area (TPSA) is 109 Å². The molecule has 1 aromatic heterocycles. The number of para-hydroxylation sites is 2. The van der Waals surface area contributed by atoms with Gasteiger partial charge in [-0.1, -0.05) is 30.3 Å². The van der Waals surface area contributed by atoms with Crippen LogP contribution >= 0.6 is 0 Å². The van der Waals surface area contributed by atoms with Gasteiger partial charge in [0.15, 0.2) is 5.72 Å². The Morgan fingerprint density at radius 3 is 2.63 bits per heavy atom. The Morgan fingerprint density at radius 1 is 0.907 bits per heavy atom. The molecule has 11 nitrogen and oxygen atoms in total. The Hall–Kier alpha value is -3.19. The zero-order valence-corrected chi connectivity index (χ0v) is 31.3. The van der Waals surface area contributed by atoms with Gasteiger partial charge in [-0.2, -0.15) is 0 Å². The van der Waals surface area contributed by atoms with E-state index in [0.717, 1.165) is 106 Å². The normalized spacial score (nSPS) is 46.1. The number of anilines is 1. The number of rotatable bonds is 2. The Balaban J connectivity index is 1.04. The van der Waals surface area contributed by atoms with Crippen LogP contribution < -0.4 is 9.64 Å². The van der Waals surface area contributed by atoms with Gasteiger partial charge in [0.1, 0.15) is 5.75 Å². The highest BCUT2D eigenvalue weighted by Gasteiger charge is 2.83. The lowest BCUT2D eigenvalue weighted by molar-refractivity contribution is -0.248. The van der Waals surface area contributed by atoms with E-state index in [-0.39, 0.29) is 47.5 Å². The summed E-state index contributed by atoms with van der Waals surface area (Å²) in [6.45, 7) is 5.69. The molecule has 6 saturated heterocycles. The summed E-state index contributed by atoms with van der Waals surface area (Å²) < 4.78 is 27.5. The predicted octanol–water partition coefficient (Wildman–Crippen LogP) is 3.67. The van der Waals surface area contributed by atoms with Crippen molar-refractivity contribution in [2.75, 3.05) is 65.1 Å².